The smallest absolute Gasteiger partial charge is 0.0747 e. The van der Waals surface area contributed by atoms with Gasteiger partial charge in [0.05, 0.1) is 11.6 Å². The number of aromatic nitrogens is 1. The third kappa shape index (κ3) is 2.46. The van der Waals surface area contributed by atoms with Gasteiger partial charge in [0.25, 0.3) is 0 Å². The Morgan fingerprint density at radius 2 is 2.17 bits per heavy atom. The summed E-state index contributed by atoms with van der Waals surface area (Å²) >= 11 is 0. The van der Waals surface area contributed by atoms with Gasteiger partial charge >= 0.3 is 0 Å². The number of benzene rings is 1. The van der Waals surface area contributed by atoms with E-state index in [4.69, 9.17) is 4.74 Å². The maximum atomic E-state index is 5.73. The third-order valence-corrected chi connectivity index (χ3v) is 3.44. The molecule has 1 saturated heterocycles. The second-order valence-corrected chi connectivity index (χ2v) is 4.75. The Morgan fingerprint density at radius 3 is 3.06 bits per heavy atom. The number of rotatable bonds is 3. The summed E-state index contributed by atoms with van der Waals surface area (Å²) in [5.41, 5.74) is 2.18. The average molecular weight is 242 g/mol. The standard InChI is InChI=1S/C15H18N2O/c1-2-7-14-13(6-1)15(8-9-16-14)17-11-12-5-3-4-10-18-12/h1-2,6-9,12H,3-5,10-11H2,(H,16,17). The minimum atomic E-state index is 0.352. The molecule has 1 atom stereocenters. The number of ether oxygens (including phenoxy) is 1. The summed E-state index contributed by atoms with van der Waals surface area (Å²) in [6.07, 6.45) is 5.85. The van der Waals surface area contributed by atoms with Gasteiger partial charge in [0.2, 0.25) is 0 Å². The van der Waals surface area contributed by atoms with E-state index in [9.17, 15) is 0 Å². The lowest BCUT2D eigenvalue weighted by Gasteiger charge is -2.23. The van der Waals surface area contributed by atoms with Gasteiger partial charge in [0.15, 0.2) is 0 Å². The Hall–Kier alpha value is -1.61. The van der Waals surface area contributed by atoms with Crippen molar-refractivity contribution in [2.45, 2.75) is 25.4 Å². The lowest BCUT2D eigenvalue weighted by Crippen LogP contribution is -2.27. The molecule has 1 fully saturated rings. The van der Waals surface area contributed by atoms with Crippen LogP contribution in [0.25, 0.3) is 10.9 Å². The molecule has 0 radical (unpaired) electrons. The molecule has 0 spiro atoms. The van der Waals surface area contributed by atoms with Crippen LogP contribution in [0.3, 0.4) is 0 Å². The van der Waals surface area contributed by atoms with Crippen LogP contribution in [0.5, 0.6) is 0 Å². The van der Waals surface area contributed by atoms with Gasteiger partial charge < -0.3 is 10.1 Å². The molecule has 3 nitrogen and oxygen atoms in total. The molecule has 0 amide bonds. The normalized spacial score (nSPS) is 19.9. The first-order chi connectivity index (χ1) is 8.93. The predicted octanol–water partition coefficient (Wildman–Crippen LogP) is 3.22. The van der Waals surface area contributed by atoms with E-state index < -0.39 is 0 Å². The van der Waals surface area contributed by atoms with Crippen molar-refractivity contribution in [3.63, 3.8) is 0 Å². The van der Waals surface area contributed by atoms with Crippen molar-refractivity contribution in [1.82, 2.24) is 4.98 Å². The van der Waals surface area contributed by atoms with Gasteiger partial charge in [-0.05, 0) is 31.4 Å². The van der Waals surface area contributed by atoms with E-state index in [2.05, 4.69) is 16.4 Å². The fourth-order valence-corrected chi connectivity index (χ4v) is 2.44. The van der Waals surface area contributed by atoms with Crippen molar-refractivity contribution < 1.29 is 4.74 Å². The highest BCUT2D eigenvalue weighted by Gasteiger charge is 2.13. The lowest BCUT2D eigenvalue weighted by atomic mass is 10.1. The third-order valence-electron chi connectivity index (χ3n) is 3.44. The minimum absolute atomic E-state index is 0.352. The van der Waals surface area contributed by atoms with E-state index in [1.165, 1.54) is 18.2 Å². The Labute approximate surface area is 107 Å². The summed E-state index contributed by atoms with van der Waals surface area (Å²) in [7, 11) is 0. The van der Waals surface area contributed by atoms with Gasteiger partial charge in [-0.25, -0.2) is 0 Å². The molecular weight excluding hydrogens is 224 g/mol. The van der Waals surface area contributed by atoms with E-state index in [-0.39, 0.29) is 0 Å². The van der Waals surface area contributed by atoms with Crippen LogP contribution in [-0.2, 0) is 4.74 Å². The second kappa shape index (κ2) is 5.36. The van der Waals surface area contributed by atoms with Gasteiger partial charge in [0, 0.05) is 30.4 Å². The number of nitrogens with one attached hydrogen (secondary N) is 1. The molecule has 0 saturated carbocycles. The van der Waals surface area contributed by atoms with E-state index in [0.717, 1.165) is 30.8 Å². The fraction of sp³-hybridized carbons (Fsp3) is 0.400. The highest BCUT2D eigenvalue weighted by atomic mass is 16.5. The first-order valence-electron chi connectivity index (χ1n) is 6.63. The zero-order valence-electron chi connectivity index (χ0n) is 10.4. The number of hydrogen-bond acceptors (Lipinski definition) is 3. The SMILES string of the molecule is c1ccc2c(NCC3CCCCO3)ccnc2c1. The summed E-state index contributed by atoms with van der Waals surface area (Å²) in [5, 5.41) is 4.67. The molecule has 3 heteroatoms. The van der Waals surface area contributed by atoms with Crippen molar-refractivity contribution in [3.05, 3.63) is 36.5 Å². The molecule has 1 aliphatic heterocycles. The zero-order chi connectivity index (χ0) is 12.2. The van der Waals surface area contributed by atoms with Crippen LogP contribution in [0, 0.1) is 0 Å². The molecule has 2 heterocycles. The van der Waals surface area contributed by atoms with Crippen LogP contribution in [-0.4, -0.2) is 24.2 Å². The molecule has 1 aliphatic rings. The summed E-state index contributed by atoms with van der Waals surface area (Å²) in [5.74, 6) is 0. The van der Waals surface area contributed by atoms with Crippen molar-refractivity contribution in [2.75, 3.05) is 18.5 Å². The van der Waals surface area contributed by atoms with Crippen LogP contribution in [0.2, 0.25) is 0 Å². The minimum Gasteiger partial charge on any atom is -0.382 e. The second-order valence-electron chi connectivity index (χ2n) is 4.75. The van der Waals surface area contributed by atoms with Gasteiger partial charge in [-0.15, -0.1) is 0 Å². The molecule has 1 aromatic carbocycles. The van der Waals surface area contributed by atoms with E-state index >= 15 is 0 Å². The Balaban J connectivity index is 1.74. The van der Waals surface area contributed by atoms with Crippen LogP contribution < -0.4 is 5.32 Å². The summed E-state index contributed by atoms with van der Waals surface area (Å²) in [4.78, 5) is 4.37. The number of fused-ring (bicyclic) bond motifs is 1. The Morgan fingerprint density at radius 1 is 1.22 bits per heavy atom. The summed E-state index contributed by atoms with van der Waals surface area (Å²) in [6.45, 7) is 1.79. The fourth-order valence-electron chi connectivity index (χ4n) is 2.44. The van der Waals surface area contributed by atoms with Gasteiger partial charge in [-0.1, -0.05) is 18.2 Å². The highest BCUT2D eigenvalue weighted by molar-refractivity contribution is 5.90. The van der Waals surface area contributed by atoms with Crippen LogP contribution in [0.4, 0.5) is 5.69 Å². The average Bonchev–Trinajstić information content (AvgIpc) is 2.46. The number of anilines is 1. The molecule has 0 bridgehead atoms. The molecule has 18 heavy (non-hydrogen) atoms. The molecule has 1 aromatic heterocycles. The van der Waals surface area contributed by atoms with E-state index in [0.29, 0.717) is 6.10 Å². The molecule has 94 valence electrons. The van der Waals surface area contributed by atoms with Crippen molar-refractivity contribution >= 4 is 16.6 Å². The van der Waals surface area contributed by atoms with Gasteiger partial charge in [-0.2, -0.15) is 0 Å². The molecule has 0 aliphatic carbocycles. The van der Waals surface area contributed by atoms with E-state index in [1.54, 1.807) is 0 Å². The van der Waals surface area contributed by atoms with E-state index in [1.807, 2.05) is 30.5 Å². The zero-order valence-corrected chi connectivity index (χ0v) is 10.4. The monoisotopic (exact) mass is 242 g/mol. The molecule has 3 rings (SSSR count). The maximum absolute atomic E-state index is 5.73. The maximum Gasteiger partial charge on any atom is 0.0747 e. The Kier molecular flexibility index (Phi) is 3.42. The number of nitrogens with zero attached hydrogens (tertiary/aromatic N) is 1. The highest BCUT2D eigenvalue weighted by Crippen LogP contribution is 2.21. The van der Waals surface area contributed by atoms with Crippen molar-refractivity contribution in [1.29, 1.82) is 0 Å². The van der Waals surface area contributed by atoms with Crippen LogP contribution >= 0.6 is 0 Å². The lowest BCUT2D eigenvalue weighted by molar-refractivity contribution is 0.0248. The first-order valence-corrected chi connectivity index (χ1v) is 6.63. The predicted molar refractivity (Wildman–Crippen MR) is 73.8 cm³/mol. The van der Waals surface area contributed by atoms with Crippen molar-refractivity contribution in [2.24, 2.45) is 0 Å². The molecular formula is C15H18N2O. The quantitative estimate of drug-likeness (QED) is 0.897. The van der Waals surface area contributed by atoms with Crippen LogP contribution in [0.15, 0.2) is 36.5 Å². The number of hydrogen-bond donors (Lipinski definition) is 1. The van der Waals surface area contributed by atoms with Gasteiger partial charge in [0.1, 0.15) is 0 Å². The molecule has 1 N–H and O–H groups in total. The first kappa shape index (κ1) is 11.5. The largest absolute Gasteiger partial charge is 0.382 e. The number of para-hydroxylation sites is 1. The number of pyridine rings is 1. The topological polar surface area (TPSA) is 34.1 Å². The molecule has 2 aromatic rings. The Bertz CT molecular complexity index is 515. The van der Waals surface area contributed by atoms with Crippen LogP contribution in [0.1, 0.15) is 19.3 Å². The van der Waals surface area contributed by atoms with Gasteiger partial charge in [-0.3, -0.25) is 4.98 Å². The summed E-state index contributed by atoms with van der Waals surface area (Å²) in [6, 6.07) is 10.2. The molecule has 1 unspecified atom stereocenters. The summed E-state index contributed by atoms with van der Waals surface area (Å²) < 4.78 is 5.73. The van der Waals surface area contributed by atoms with Crippen molar-refractivity contribution in [3.8, 4) is 0 Å².